The third-order valence-electron chi connectivity index (χ3n) is 4.84. The maximum atomic E-state index is 9.04. The van der Waals surface area contributed by atoms with Crippen molar-refractivity contribution in [3.63, 3.8) is 0 Å². The van der Waals surface area contributed by atoms with E-state index in [4.69, 9.17) is 5.11 Å². The van der Waals surface area contributed by atoms with E-state index in [9.17, 15) is 0 Å². The molecule has 0 atom stereocenters. The Labute approximate surface area is 128 Å². The van der Waals surface area contributed by atoms with Gasteiger partial charge in [-0.25, -0.2) is 0 Å². The zero-order valence-electron chi connectivity index (χ0n) is 13.7. The van der Waals surface area contributed by atoms with Crippen molar-refractivity contribution in [3.05, 3.63) is 17.0 Å². The Hall–Kier alpha value is -0.870. The number of nitrogens with one attached hydrogen (secondary N) is 1. The number of hydrogen-bond donors (Lipinski definition) is 2. The number of hydrogen-bond acceptors (Lipinski definition) is 3. The van der Waals surface area contributed by atoms with Crippen LogP contribution in [-0.2, 0) is 13.1 Å². The first-order valence-corrected chi connectivity index (χ1v) is 8.57. The lowest BCUT2D eigenvalue weighted by Gasteiger charge is -2.21. The molecule has 0 aliphatic heterocycles. The SMILES string of the molecule is Cc1nn(CCO)c(C)c1CNCCCC1CCCCC1. The summed E-state index contributed by atoms with van der Waals surface area (Å²) in [6, 6.07) is 0. The van der Waals surface area contributed by atoms with Crippen LogP contribution in [0.1, 0.15) is 61.9 Å². The monoisotopic (exact) mass is 293 g/mol. The van der Waals surface area contributed by atoms with Crippen LogP contribution in [0.25, 0.3) is 0 Å². The molecule has 0 aromatic carbocycles. The van der Waals surface area contributed by atoms with Crippen molar-refractivity contribution >= 4 is 0 Å². The third-order valence-corrected chi connectivity index (χ3v) is 4.84. The van der Waals surface area contributed by atoms with Crippen LogP contribution in [0.2, 0.25) is 0 Å². The number of nitrogens with zero attached hydrogens (tertiary/aromatic N) is 2. The van der Waals surface area contributed by atoms with Gasteiger partial charge >= 0.3 is 0 Å². The van der Waals surface area contributed by atoms with Crippen LogP contribution in [-0.4, -0.2) is 28.0 Å². The summed E-state index contributed by atoms with van der Waals surface area (Å²) in [7, 11) is 0. The van der Waals surface area contributed by atoms with Gasteiger partial charge in [0.05, 0.1) is 18.8 Å². The predicted octanol–water partition coefficient (Wildman–Crippen LogP) is 2.94. The molecule has 4 heteroatoms. The molecule has 0 saturated heterocycles. The average Bonchev–Trinajstić information content (AvgIpc) is 2.76. The van der Waals surface area contributed by atoms with Gasteiger partial charge in [0, 0.05) is 17.8 Å². The molecule has 2 rings (SSSR count). The minimum absolute atomic E-state index is 0.149. The zero-order valence-corrected chi connectivity index (χ0v) is 13.7. The molecular weight excluding hydrogens is 262 g/mol. The lowest BCUT2D eigenvalue weighted by atomic mass is 9.86. The molecule has 2 N–H and O–H groups in total. The molecule has 1 saturated carbocycles. The van der Waals surface area contributed by atoms with Crippen molar-refractivity contribution in [1.29, 1.82) is 0 Å². The molecule has 4 nitrogen and oxygen atoms in total. The number of rotatable bonds is 8. The standard InChI is InChI=1S/C17H31N3O/c1-14-17(15(2)20(19-14)11-12-21)13-18-10-6-9-16-7-4-3-5-8-16/h16,18,21H,3-13H2,1-2H3. The van der Waals surface area contributed by atoms with Crippen LogP contribution < -0.4 is 5.32 Å². The second-order valence-corrected chi connectivity index (χ2v) is 6.42. The molecule has 0 amide bonds. The van der Waals surface area contributed by atoms with E-state index in [1.165, 1.54) is 56.2 Å². The maximum Gasteiger partial charge on any atom is 0.0644 e. The van der Waals surface area contributed by atoms with E-state index in [1.54, 1.807) is 0 Å². The van der Waals surface area contributed by atoms with Crippen LogP contribution >= 0.6 is 0 Å². The number of aromatic nitrogens is 2. The van der Waals surface area contributed by atoms with Gasteiger partial charge in [-0.1, -0.05) is 32.1 Å². The average molecular weight is 293 g/mol. The second-order valence-electron chi connectivity index (χ2n) is 6.42. The highest BCUT2D eigenvalue weighted by Crippen LogP contribution is 2.27. The fraction of sp³-hybridized carbons (Fsp3) is 0.824. The van der Waals surface area contributed by atoms with Crippen LogP contribution in [0.5, 0.6) is 0 Å². The Balaban J connectivity index is 1.68. The highest BCUT2D eigenvalue weighted by molar-refractivity contribution is 5.24. The van der Waals surface area contributed by atoms with Crippen molar-refractivity contribution in [2.75, 3.05) is 13.2 Å². The van der Waals surface area contributed by atoms with Gasteiger partial charge in [0.2, 0.25) is 0 Å². The fourth-order valence-electron chi connectivity index (χ4n) is 3.51. The summed E-state index contributed by atoms with van der Waals surface area (Å²) in [6.45, 7) is 6.88. The van der Waals surface area contributed by atoms with E-state index < -0.39 is 0 Å². The van der Waals surface area contributed by atoms with Crippen LogP contribution in [0.4, 0.5) is 0 Å². The Morgan fingerprint density at radius 3 is 2.71 bits per heavy atom. The third kappa shape index (κ3) is 4.82. The summed E-state index contributed by atoms with van der Waals surface area (Å²) < 4.78 is 1.91. The quantitative estimate of drug-likeness (QED) is 0.725. The molecule has 1 aromatic rings. The summed E-state index contributed by atoms with van der Waals surface area (Å²) in [4.78, 5) is 0. The topological polar surface area (TPSA) is 50.1 Å². The molecule has 0 radical (unpaired) electrons. The van der Waals surface area contributed by atoms with E-state index in [-0.39, 0.29) is 6.61 Å². The Morgan fingerprint density at radius 2 is 2.00 bits per heavy atom. The second kappa shape index (κ2) is 8.54. The number of aliphatic hydroxyl groups excluding tert-OH is 1. The normalized spacial score (nSPS) is 16.5. The van der Waals surface area contributed by atoms with E-state index >= 15 is 0 Å². The Morgan fingerprint density at radius 1 is 1.24 bits per heavy atom. The summed E-state index contributed by atoms with van der Waals surface area (Å²) in [5, 5.41) is 17.1. The van der Waals surface area contributed by atoms with Gasteiger partial charge in [0.25, 0.3) is 0 Å². The first kappa shape index (κ1) is 16.5. The first-order valence-electron chi connectivity index (χ1n) is 8.57. The fourth-order valence-corrected chi connectivity index (χ4v) is 3.51. The van der Waals surface area contributed by atoms with Crippen molar-refractivity contribution in [2.24, 2.45) is 5.92 Å². The summed E-state index contributed by atoms with van der Waals surface area (Å²) in [6.07, 6.45) is 9.91. The molecule has 0 spiro atoms. The summed E-state index contributed by atoms with van der Waals surface area (Å²) in [5.74, 6) is 0.983. The largest absolute Gasteiger partial charge is 0.394 e. The van der Waals surface area contributed by atoms with Gasteiger partial charge in [-0.05, 0) is 39.2 Å². The lowest BCUT2D eigenvalue weighted by Crippen LogP contribution is -2.17. The van der Waals surface area contributed by atoms with Gasteiger partial charge in [0.15, 0.2) is 0 Å². The van der Waals surface area contributed by atoms with Gasteiger partial charge in [-0.3, -0.25) is 4.68 Å². The molecule has 1 fully saturated rings. The van der Waals surface area contributed by atoms with Crippen LogP contribution in [0.3, 0.4) is 0 Å². The summed E-state index contributed by atoms with van der Waals surface area (Å²) in [5.41, 5.74) is 3.56. The highest BCUT2D eigenvalue weighted by Gasteiger charge is 2.13. The van der Waals surface area contributed by atoms with Gasteiger partial charge in [-0.15, -0.1) is 0 Å². The smallest absolute Gasteiger partial charge is 0.0644 e. The van der Waals surface area contributed by atoms with Crippen molar-refractivity contribution < 1.29 is 5.11 Å². The minimum atomic E-state index is 0.149. The van der Waals surface area contributed by atoms with E-state index in [0.29, 0.717) is 6.54 Å². The van der Waals surface area contributed by atoms with Crippen molar-refractivity contribution in [2.45, 2.75) is 71.9 Å². The predicted molar refractivity (Wildman–Crippen MR) is 86.3 cm³/mol. The van der Waals surface area contributed by atoms with Crippen molar-refractivity contribution in [3.8, 4) is 0 Å². The van der Waals surface area contributed by atoms with E-state index in [2.05, 4.69) is 24.3 Å². The van der Waals surface area contributed by atoms with Gasteiger partial charge < -0.3 is 10.4 Å². The minimum Gasteiger partial charge on any atom is -0.394 e. The number of aliphatic hydroxyl groups is 1. The lowest BCUT2D eigenvalue weighted by molar-refractivity contribution is 0.267. The zero-order chi connectivity index (χ0) is 15.1. The molecule has 1 aromatic heterocycles. The van der Waals surface area contributed by atoms with Gasteiger partial charge in [-0.2, -0.15) is 5.10 Å². The molecule has 1 heterocycles. The molecule has 1 aliphatic rings. The van der Waals surface area contributed by atoms with Crippen LogP contribution in [0, 0.1) is 19.8 Å². The Kier molecular flexibility index (Phi) is 6.71. The molecule has 1 aliphatic carbocycles. The maximum absolute atomic E-state index is 9.04. The highest BCUT2D eigenvalue weighted by atomic mass is 16.3. The van der Waals surface area contributed by atoms with Crippen molar-refractivity contribution in [1.82, 2.24) is 15.1 Å². The number of aryl methyl sites for hydroxylation is 1. The first-order chi connectivity index (χ1) is 10.2. The Bertz CT molecular complexity index is 422. The molecule has 0 unspecified atom stereocenters. The molecule has 120 valence electrons. The van der Waals surface area contributed by atoms with E-state index in [1.807, 2.05) is 4.68 Å². The molecule has 0 bridgehead atoms. The molecular formula is C17H31N3O. The van der Waals surface area contributed by atoms with Crippen LogP contribution in [0.15, 0.2) is 0 Å². The molecule has 21 heavy (non-hydrogen) atoms. The van der Waals surface area contributed by atoms with Gasteiger partial charge in [0.1, 0.15) is 0 Å². The van der Waals surface area contributed by atoms with E-state index in [0.717, 1.165) is 24.7 Å². The summed E-state index contributed by atoms with van der Waals surface area (Å²) >= 11 is 0.